The van der Waals surface area contributed by atoms with Gasteiger partial charge < -0.3 is 10.1 Å². The van der Waals surface area contributed by atoms with E-state index in [9.17, 15) is 8.78 Å². The van der Waals surface area contributed by atoms with Gasteiger partial charge in [-0.15, -0.1) is 0 Å². The van der Waals surface area contributed by atoms with Gasteiger partial charge in [0.05, 0.1) is 6.10 Å². The summed E-state index contributed by atoms with van der Waals surface area (Å²) in [4.78, 5) is 0. The van der Waals surface area contributed by atoms with Crippen molar-refractivity contribution in [2.45, 2.75) is 45.3 Å². The van der Waals surface area contributed by atoms with Crippen LogP contribution in [0.5, 0.6) is 0 Å². The number of rotatable bonds is 6. The summed E-state index contributed by atoms with van der Waals surface area (Å²) < 4.78 is 33.2. The third-order valence-electron chi connectivity index (χ3n) is 4.09. The smallest absolute Gasteiger partial charge is 0.129 e. The number of nitrogens with one attached hydrogen (secondary N) is 1. The fourth-order valence-corrected chi connectivity index (χ4v) is 2.93. The molecule has 2 rings (SSSR count). The van der Waals surface area contributed by atoms with Crippen LogP contribution in [0.1, 0.15) is 32.3 Å². The Kier molecular flexibility index (Phi) is 5.49. The van der Waals surface area contributed by atoms with Crippen molar-refractivity contribution >= 4 is 0 Å². The lowest BCUT2D eigenvalue weighted by atomic mass is 9.88. The number of halogens is 2. The molecule has 0 bridgehead atoms. The molecule has 3 atom stereocenters. The Bertz CT molecular complexity index is 418. The van der Waals surface area contributed by atoms with Crippen molar-refractivity contribution in [2.24, 2.45) is 5.92 Å². The second-order valence-corrected chi connectivity index (χ2v) is 5.49. The van der Waals surface area contributed by atoms with Gasteiger partial charge in [-0.3, -0.25) is 0 Å². The maximum absolute atomic E-state index is 13.8. The molecule has 1 heterocycles. The SMILES string of the molecule is CCCNC(Cc1c(F)cccc1F)C1CCOC1C. The molecule has 0 saturated carbocycles. The molecule has 112 valence electrons. The fourth-order valence-electron chi connectivity index (χ4n) is 2.93. The molecule has 1 aliphatic heterocycles. The number of ether oxygens (including phenoxy) is 1. The molecule has 0 radical (unpaired) electrons. The van der Waals surface area contributed by atoms with E-state index < -0.39 is 11.6 Å². The van der Waals surface area contributed by atoms with Gasteiger partial charge in [-0.05, 0) is 44.9 Å². The Morgan fingerprint density at radius 1 is 1.35 bits per heavy atom. The largest absolute Gasteiger partial charge is 0.378 e. The highest BCUT2D eigenvalue weighted by Crippen LogP contribution is 2.27. The maximum atomic E-state index is 13.8. The third-order valence-corrected chi connectivity index (χ3v) is 4.09. The van der Waals surface area contributed by atoms with Crippen LogP contribution in [0.4, 0.5) is 8.78 Å². The summed E-state index contributed by atoms with van der Waals surface area (Å²) in [6.45, 7) is 5.71. The van der Waals surface area contributed by atoms with E-state index in [2.05, 4.69) is 12.2 Å². The molecule has 1 fully saturated rings. The summed E-state index contributed by atoms with van der Waals surface area (Å²) in [6, 6.07) is 4.11. The van der Waals surface area contributed by atoms with Crippen molar-refractivity contribution in [1.29, 1.82) is 0 Å². The van der Waals surface area contributed by atoms with Crippen LogP contribution in [0.3, 0.4) is 0 Å². The second kappa shape index (κ2) is 7.14. The first kappa shape index (κ1) is 15.4. The highest BCUT2D eigenvalue weighted by atomic mass is 19.1. The minimum atomic E-state index is -0.458. The second-order valence-electron chi connectivity index (χ2n) is 5.49. The molecular weight excluding hydrogens is 260 g/mol. The summed E-state index contributed by atoms with van der Waals surface area (Å²) in [5.74, 6) is -0.611. The van der Waals surface area contributed by atoms with Crippen molar-refractivity contribution in [1.82, 2.24) is 5.32 Å². The van der Waals surface area contributed by atoms with E-state index in [1.165, 1.54) is 18.2 Å². The lowest BCUT2D eigenvalue weighted by Gasteiger charge is -2.27. The average molecular weight is 283 g/mol. The quantitative estimate of drug-likeness (QED) is 0.865. The van der Waals surface area contributed by atoms with Gasteiger partial charge in [0.25, 0.3) is 0 Å². The summed E-state index contributed by atoms with van der Waals surface area (Å²) >= 11 is 0. The normalized spacial score (nSPS) is 24.0. The van der Waals surface area contributed by atoms with E-state index in [4.69, 9.17) is 4.74 Å². The molecule has 20 heavy (non-hydrogen) atoms. The Morgan fingerprint density at radius 3 is 2.60 bits per heavy atom. The molecule has 1 aromatic carbocycles. The van der Waals surface area contributed by atoms with Crippen LogP contribution in [0.2, 0.25) is 0 Å². The van der Waals surface area contributed by atoms with E-state index in [1.54, 1.807) is 0 Å². The highest BCUT2D eigenvalue weighted by Gasteiger charge is 2.32. The lowest BCUT2D eigenvalue weighted by Crippen LogP contribution is -2.41. The fraction of sp³-hybridized carbons (Fsp3) is 0.625. The number of hydrogen-bond donors (Lipinski definition) is 1. The van der Waals surface area contributed by atoms with E-state index in [0.717, 1.165) is 26.0 Å². The Labute approximate surface area is 119 Å². The first-order chi connectivity index (χ1) is 9.63. The first-order valence-electron chi connectivity index (χ1n) is 7.41. The van der Waals surface area contributed by atoms with Crippen molar-refractivity contribution < 1.29 is 13.5 Å². The molecule has 1 aliphatic rings. The van der Waals surface area contributed by atoms with Crippen molar-refractivity contribution in [3.8, 4) is 0 Å². The molecule has 3 unspecified atom stereocenters. The Morgan fingerprint density at radius 2 is 2.05 bits per heavy atom. The van der Waals surface area contributed by atoms with Gasteiger partial charge in [0, 0.05) is 24.1 Å². The van der Waals surface area contributed by atoms with Gasteiger partial charge in [0.15, 0.2) is 0 Å². The molecule has 0 amide bonds. The summed E-state index contributed by atoms with van der Waals surface area (Å²) in [6.07, 6.45) is 2.45. The predicted octanol–water partition coefficient (Wildman–Crippen LogP) is 3.30. The molecule has 1 saturated heterocycles. The van der Waals surface area contributed by atoms with E-state index >= 15 is 0 Å². The minimum Gasteiger partial charge on any atom is -0.378 e. The Balaban J connectivity index is 2.14. The van der Waals surface area contributed by atoms with Crippen molar-refractivity contribution in [2.75, 3.05) is 13.2 Å². The maximum Gasteiger partial charge on any atom is 0.129 e. The van der Waals surface area contributed by atoms with Crippen molar-refractivity contribution in [3.05, 3.63) is 35.4 Å². The first-order valence-corrected chi connectivity index (χ1v) is 7.41. The minimum absolute atomic E-state index is 0.0545. The summed E-state index contributed by atoms with van der Waals surface area (Å²) in [5.41, 5.74) is 0.181. The van der Waals surface area contributed by atoms with Gasteiger partial charge in [-0.1, -0.05) is 13.0 Å². The molecule has 4 heteroatoms. The Hall–Kier alpha value is -1.00. The van der Waals surface area contributed by atoms with Gasteiger partial charge in [-0.25, -0.2) is 8.78 Å². The molecule has 1 aromatic rings. The number of hydrogen-bond acceptors (Lipinski definition) is 2. The van der Waals surface area contributed by atoms with Crippen LogP contribution in [0, 0.1) is 17.6 Å². The van der Waals surface area contributed by atoms with Crippen LogP contribution in [0.15, 0.2) is 18.2 Å². The molecule has 2 nitrogen and oxygen atoms in total. The van der Waals surface area contributed by atoms with Gasteiger partial charge >= 0.3 is 0 Å². The molecule has 0 aromatic heterocycles. The van der Waals surface area contributed by atoms with Crippen LogP contribution >= 0.6 is 0 Å². The van der Waals surface area contributed by atoms with Gasteiger partial charge in [0.2, 0.25) is 0 Å². The van der Waals surface area contributed by atoms with Gasteiger partial charge in [0.1, 0.15) is 11.6 Å². The van der Waals surface area contributed by atoms with E-state index in [-0.39, 0.29) is 17.7 Å². The van der Waals surface area contributed by atoms with E-state index in [0.29, 0.717) is 12.3 Å². The zero-order valence-corrected chi connectivity index (χ0v) is 12.2. The van der Waals surface area contributed by atoms with Gasteiger partial charge in [-0.2, -0.15) is 0 Å². The third kappa shape index (κ3) is 3.55. The van der Waals surface area contributed by atoms with Crippen molar-refractivity contribution in [3.63, 3.8) is 0 Å². The molecule has 0 spiro atoms. The monoisotopic (exact) mass is 283 g/mol. The topological polar surface area (TPSA) is 21.3 Å². The number of benzene rings is 1. The lowest BCUT2D eigenvalue weighted by molar-refractivity contribution is 0.0951. The molecule has 1 N–H and O–H groups in total. The molecule has 0 aliphatic carbocycles. The van der Waals surface area contributed by atoms with Crippen LogP contribution < -0.4 is 5.32 Å². The molecular formula is C16H23F2NO. The summed E-state index contributed by atoms with van der Waals surface area (Å²) in [7, 11) is 0. The highest BCUT2D eigenvalue weighted by molar-refractivity contribution is 5.21. The van der Waals surface area contributed by atoms with E-state index in [1.807, 2.05) is 6.92 Å². The summed E-state index contributed by atoms with van der Waals surface area (Å²) in [5, 5.41) is 3.43. The van der Waals surface area contributed by atoms with Crippen LogP contribution in [-0.4, -0.2) is 25.3 Å². The zero-order chi connectivity index (χ0) is 14.5. The average Bonchev–Trinajstić information content (AvgIpc) is 2.84. The standard InChI is InChI=1S/C16H23F2NO/c1-3-8-19-16(12-7-9-20-11(12)2)10-13-14(17)5-4-6-15(13)18/h4-6,11-12,16,19H,3,7-10H2,1-2H3. The predicted molar refractivity (Wildman–Crippen MR) is 75.7 cm³/mol. The van der Waals surface area contributed by atoms with Crippen LogP contribution in [0.25, 0.3) is 0 Å². The zero-order valence-electron chi connectivity index (χ0n) is 12.2. The van der Waals surface area contributed by atoms with Crippen LogP contribution in [-0.2, 0) is 11.2 Å².